The average molecular weight is 714 g/mol. The summed E-state index contributed by atoms with van der Waals surface area (Å²) < 4.78 is 14.0. The average Bonchev–Trinajstić information content (AvgIpc) is 3.99. The molecule has 52 heavy (non-hydrogen) atoms. The van der Waals surface area contributed by atoms with Crippen molar-refractivity contribution in [2.24, 2.45) is 11.0 Å². The number of nitrogens with zero attached hydrogens (tertiary/aromatic N) is 9. The standard InChI is InChI=1S/C40H43N9O2S/c1-4-30(3)49-39(5-2)47(28-44-49)35-9-7-33(8-10-35)45-20-22-46(23-21-45)34-11-13-36(14-12-34)50-25-31-16-17-40(51-26-31,27-48-42-18-19-43-48)32-6-15-37-38(24-32)52-29-41-37/h6-19,24,28-31H,2,4,20-23,25-27H2,1,3H3. The Balaban J connectivity index is 0.844. The van der Waals surface area contributed by atoms with Crippen LogP contribution >= 0.6 is 11.3 Å². The summed E-state index contributed by atoms with van der Waals surface area (Å²) in [6, 6.07) is 23.8. The largest absolute Gasteiger partial charge is 0.493 e. The number of thiazole rings is 1. The summed E-state index contributed by atoms with van der Waals surface area (Å²) in [5, 5.41) is 15.3. The van der Waals surface area contributed by atoms with E-state index in [1.165, 1.54) is 11.4 Å². The number of benzene rings is 3. The van der Waals surface area contributed by atoms with Crippen LogP contribution in [0.1, 0.15) is 25.8 Å². The minimum atomic E-state index is -0.672. The fourth-order valence-corrected chi connectivity index (χ4v) is 7.67. The predicted octanol–water partition coefficient (Wildman–Crippen LogP) is 6.88. The lowest BCUT2D eigenvalue weighted by Crippen LogP contribution is -2.46. The van der Waals surface area contributed by atoms with Gasteiger partial charge in [0, 0.05) is 49.2 Å². The molecule has 1 saturated heterocycles. The molecule has 0 radical (unpaired) electrons. The molecule has 12 heteroatoms. The first-order valence-electron chi connectivity index (χ1n) is 17.9. The van der Waals surface area contributed by atoms with Crippen LogP contribution in [0.5, 0.6) is 5.75 Å². The highest BCUT2D eigenvalue weighted by Crippen LogP contribution is 2.36. The molecule has 2 aromatic heterocycles. The first kappa shape index (κ1) is 33.7. The van der Waals surface area contributed by atoms with Crippen molar-refractivity contribution in [3.63, 3.8) is 0 Å². The van der Waals surface area contributed by atoms with Gasteiger partial charge in [-0.3, -0.25) is 4.90 Å². The summed E-state index contributed by atoms with van der Waals surface area (Å²) in [6.07, 6.45) is 10.6. The maximum Gasteiger partial charge on any atom is 0.179 e. The summed E-state index contributed by atoms with van der Waals surface area (Å²) in [4.78, 5) is 13.1. The van der Waals surface area contributed by atoms with Crippen LogP contribution in [-0.2, 0) is 16.9 Å². The molecular weight excluding hydrogens is 671 g/mol. The van der Waals surface area contributed by atoms with E-state index in [0.717, 1.165) is 65.6 Å². The molecule has 0 aliphatic carbocycles. The maximum absolute atomic E-state index is 6.64. The molecule has 8 rings (SSSR count). The number of aromatic nitrogens is 4. The molecule has 266 valence electrons. The van der Waals surface area contributed by atoms with E-state index >= 15 is 0 Å². The summed E-state index contributed by atoms with van der Waals surface area (Å²) in [5.74, 6) is 1.85. The molecule has 3 aromatic carbocycles. The summed E-state index contributed by atoms with van der Waals surface area (Å²) in [5.41, 5.74) is 9.82. The molecule has 11 nitrogen and oxygen atoms in total. The van der Waals surface area contributed by atoms with E-state index in [9.17, 15) is 0 Å². The van der Waals surface area contributed by atoms with Crippen LogP contribution < -0.4 is 19.4 Å². The number of anilines is 3. The van der Waals surface area contributed by atoms with Crippen molar-refractivity contribution in [3.8, 4) is 5.75 Å². The number of ether oxygens (including phenoxy) is 2. The molecule has 0 bridgehead atoms. The Kier molecular flexibility index (Phi) is 9.51. The highest BCUT2D eigenvalue weighted by atomic mass is 32.1. The van der Waals surface area contributed by atoms with E-state index in [0.29, 0.717) is 19.8 Å². The van der Waals surface area contributed by atoms with Gasteiger partial charge in [0.2, 0.25) is 0 Å². The van der Waals surface area contributed by atoms with E-state index in [1.54, 1.807) is 28.5 Å². The molecule has 0 saturated carbocycles. The third kappa shape index (κ3) is 6.80. The van der Waals surface area contributed by atoms with Crippen LogP contribution in [0.3, 0.4) is 0 Å². The van der Waals surface area contributed by atoms with Crippen LogP contribution in [0.15, 0.2) is 120 Å². The second-order valence-electron chi connectivity index (χ2n) is 13.4. The van der Waals surface area contributed by atoms with Crippen LogP contribution in [0.25, 0.3) is 10.2 Å². The molecule has 3 aliphatic rings. The molecule has 5 heterocycles. The molecule has 1 fully saturated rings. The number of fused-ring (bicyclic) bond motifs is 1. The van der Waals surface area contributed by atoms with Gasteiger partial charge in [-0.25, -0.2) is 9.99 Å². The van der Waals surface area contributed by atoms with Crippen molar-refractivity contribution in [1.29, 1.82) is 0 Å². The maximum atomic E-state index is 6.64. The third-order valence-corrected chi connectivity index (χ3v) is 11.0. The van der Waals surface area contributed by atoms with Crippen molar-refractivity contribution >= 4 is 45.0 Å². The Bertz CT molecular complexity index is 2080. The van der Waals surface area contributed by atoms with Gasteiger partial charge in [0.25, 0.3) is 0 Å². The molecule has 3 unspecified atom stereocenters. The Morgan fingerprint density at radius 2 is 1.65 bits per heavy atom. The first-order chi connectivity index (χ1) is 25.5. The Labute approximate surface area is 308 Å². The van der Waals surface area contributed by atoms with Gasteiger partial charge in [0.1, 0.15) is 17.7 Å². The predicted molar refractivity (Wildman–Crippen MR) is 208 cm³/mol. The first-order valence-corrected chi connectivity index (χ1v) is 18.8. The molecule has 5 aromatic rings. The van der Waals surface area contributed by atoms with E-state index in [4.69, 9.17) is 9.47 Å². The number of rotatable bonds is 11. The third-order valence-electron chi connectivity index (χ3n) is 10.2. The number of hydrogen-bond donors (Lipinski definition) is 0. The summed E-state index contributed by atoms with van der Waals surface area (Å²) in [6.45, 7) is 13.6. The van der Waals surface area contributed by atoms with Gasteiger partial charge in [-0.05, 0) is 85.6 Å². The highest BCUT2D eigenvalue weighted by molar-refractivity contribution is 7.16. The van der Waals surface area contributed by atoms with E-state index in [2.05, 4.69) is 135 Å². The SMILES string of the molecule is C=C=C1N(c2ccc(N3CCN(c4ccc(OCC5C=CC(Cn6nccn6)(c6ccc7ncsc7c6)OC5)cc4)CC3)cc2)C=NN1C(C)CC. The van der Waals surface area contributed by atoms with Gasteiger partial charge in [-0.1, -0.05) is 31.4 Å². The van der Waals surface area contributed by atoms with Crippen molar-refractivity contribution in [2.45, 2.75) is 38.5 Å². The Morgan fingerprint density at radius 1 is 0.962 bits per heavy atom. The minimum Gasteiger partial charge on any atom is -0.493 e. The van der Waals surface area contributed by atoms with Gasteiger partial charge in [0.05, 0.1) is 53.9 Å². The summed E-state index contributed by atoms with van der Waals surface area (Å²) >= 11 is 1.63. The van der Waals surface area contributed by atoms with E-state index in [-0.39, 0.29) is 12.0 Å². The van der Waals surface area contributed by atoms with Crippen molar-refractivity contribution in [2.75, 3.05) is 54.1 Å². The van der Waals surface area contributed by atoms with Gasteiger partial charge < -0.3 is 19.3 Å². The van der Waals surface area contributed by atoms with Gasteiger partial charge in [-0.15, -0.1) is 11.3 Å². The lowest BCUT2D eigenvalue weighted by molar-refractivity contribution is -0.0559. The van der Waals surface area contributed by atoms with Crippen molar-refractivity contribution in [1.82, 2.24) is 25.0 Å². The topological polar surface area (TPSA) is 87.4 Å². The molecule has 3 atom stereocenters. The van der Waals surface area contributed by atoms with Gasteiger partial charge in [0.15, 0.2) is 5.82 Å². The zero-order valence-corrected chi connectivity index (χ0v) is 30.4. The summed E-state index contributed by atoms with van der Waals surface area (Å²) in [7, 11) is 0. The van der Waals surface area contributed by atoms with E-state index in [1.807, 2.05) is 21.8 Å². The fraction of sp³-hybridized carbons (Fsp3) is 0.325. The van der Waals surface area contributed by atoms with Crippen molar-refractivity contribution < 1.29 is 9.47 Å². The minimum absolute atomic E-state index is 0.121. The van der Waals surface area contributed by atoms with E-state index < -0.39 is 5.60 Å². The van der Waals surface area contributed by atoms with Crippen molar-refractivity contribution in [3.05, 3.63) is 120 Å². The normalized spacial score (nSPS) is 20.9. The Hall–Kier alpha value is -5.42. The monoisotopic (exact) mass is 713 g/mol. The van der Waals surface area contributed by atoms with Gasteiger partial charge >= 0.3 is 0 Å². The zero-order chi connectivity index (χ0) is 35.5. The Morgan fingerprint density at radius 3 is 2.31 bits per heavy atom. The van der Waals surface area contributed by atoms with Crippen LogP contribution in [0, 0.1) is 5.92 Å². The van der Waals surface area contributed by atoms with Crippen LogP contribution in [0.4, 0.5) is 17.1 Å². The highest BCUT2D eigenvalue weighted by Gasteiger charge is 2.36. The number of piperazine rings is 1. The van der Waals surface area contributed by atoms with Crippen LogP contribution in [0.2, 0.25) is 0 Å². The lowest BCUT2D eigenvalue weighted by atomic mass is 9.89. The zero-order valence-electron chi connectivity index (χ0n) is 29.6. The van der Waals surface area contributed by atoms with Gasteiger partial charge in [-0.2, -0.15) is 20.1 Å². The van der Waals surface area contributed by atoms with Crippen LogP contribution in [-0.4, -0.2) is 76.8 Å². The molecule has 3 aliphatic heterocycles. The molecule has 0 spiro atoms. The second kappa shape index (κ2) is 14.7. The molecule has 0 amide bonds. The second-order valence-corrected chi connectivity index (χ2v) is 14.3. The molecular formula is C40H43N9O2S. The quantitative estimate of drug-likeness (QED) is 0.107. The number of hydrogen-bond acceptors (Lipinski definition) is 11. The molecule has 0 N–H and O–H groups in total. The lowest BCUT2D eigenvalue weighted by Gasteiger charge is -2.37. The smallest absolute Gasteiger partial charge is 0.179 e. The fourth-order valence-electron chi connectivity index (χ4n) is 6.96. The number of hydrazone groups is 1.